The zero-order chi connectivity index (χ0) is 21.8. The van der Waals surface area contributed by atoms with Gasteiger partial charge in [0.25, 0.3) is 11.5 Å². The first-order valence-corrected chi connectivity index (χ1v) is 10.2. The minimum absolute atomic E-state index is 0.122. The maximum Gasteiger partial charge on any atom is 0.264 e. The van der Waals surface area contributed by atoms with Gasteiger partial charge in [-0.2, -0.15) is 0 Å². The van der Waals surface area contributed by atoms with Gasteiger partial charge in [-0.3, -0.25) is 19.6 Å². The summed E-state index contributed by atoms with van der Waals surface area (Å²) in [5, 5.41) is 2.84. The average molecular weight is 420 g/mol. The summed E-state index contributed by atoms with van der Waals surface area (Å²) in [5.41, 5.74) is 2.69. The van der Waals surface area contributed by atoms with Gasteiger partial charge in [-0.1, -0.05) is 6.07 Å². The van der Waals surface area contributed by atoms with Gasteiger partial charge in [-0.15, -0.1) is 0 Å². The number of carbonyl (C=O) groups is 1. The molecule has 0 bridgehead atoms. The van der Waals surface area contributed by atoms with Crippen molar-refractivity contribution in [1.82, 2.24) is 19.9 Å². The fourth-order valence-corrected chi connectivity index (χ4v) is 3.33. The second-order valence-electron chi connectivity index (χ2n) is 7.47. The standard InChI is InChI=1S/C23H24N4O4/c1-15-6-7-27(14-18-13-24-16(2)11-25-18)23(29)21(15)22(28)26-12-17-4-5-19-20(10-17)31-9-3-8-30-19/h4-7,10-11,13H,3,8-9,12,14H2,1-2H3,(H,26,28). The van der Waals surface area contributed by atoms with Crippen molar-refractivity contribution in [3.8, 4) is 11.5 Å². The van der Waals surface area contributed by atoms with E-state index in [4.69, 9.17) is 9.47 Å². The number of carbonyl (C=O) groups excluding carboxylic acids is 1. The number of ether oxygens (including phenoxy) is 2. The van der Waals surface area contributed by atoms with Crippen LogP contribution in [-0.2, 0) is 13.1 Å². The molecule has 0 spiro atoms. The molecule has 0 unspecified atom stereocenters. The van der Waals surface area contributed by atoms with Crippen molar-refractivity contribution in [3.05, 3.63) is 81.3 Å². The lowest BCUT2D eigenvalue weighted by Gasteiger charge is -2.12. The number of rotatable bonds is 5. The Bertz CT molecular complexity index is 1160. The number of hydrogen-bond donors (Lipinski definition) is 1. The van der Waals surface area contributed by atoms with Crippen LogP contribution in [0.1, 0.15) is 39.3 Å². The molecule has 160 valence electrons. The Morgan fingerprint density at radius 3 is 2.68 bits per heavy atom. The molecule has 0 fully saturated rings. The molecular formula is C23H24N4O4. The predicted octanol–water partition coefficient (Wildman–Crippen LogP) is 2.39. The highest BCUT2D eigenvalue weighted by atomic mass is 16.5. The Kier molecular flexibility index (Phi) is 5.97. The number of pyridine rings is 1. The van der Waals surface area contributed by atoms with Crippen LogP contribution in [-0.4, -0.2) is 33.7 Å². The first kappa shape index (κ1) is 20.6. The molecule has 0 radical (unpaired) electrons. The molecule has 31 heavy (non-hydrogen) atoms. The molecule has 0 saturated carbocycles. The molecule has 4 rings (SSSR count). The Balaban J connectivity index is 1.50. The van der Waals surface area contributed by atoms with Crippen molar-refractivity contribution in [3.63, 3.8) is 0 Å². The van der Waals surface area contributed by atoms with E-state index in [1.54, 1.807) is 31.6 Å². The van der Waals surface area contributed by atoms with Gasteiger partial charge in [0.15, 0.2) is 11.5 Å². The smallest absolute Gasteiger partial charge is 0.264 e. The summed E-state index contributed by atoms with van der Waals surface area (Å²) in [6.45, 7) is 5.33. The van der Waals surface area contributed by atoms with Crippen molar-refractivity contribution in [2.45, 2.75) is 33.4 Å². The van der Waals surface area contributed by atoms with Crippen LogP contribution >= 0.6 is 0 Å². The maximum atomic E-state index is 13.0. The summed E-state index contributed by atoms with van der Waals surface area (Å²) in [4.78, 5) is 34.3. The van der Waals surface area contributed by atoms with E-state index in [1.165, 1.54) is 4.57 Å². The van der Waals surface area contributed by atoms with Crippen LogP contribution in [0.25, 0.3) is 0 Å². The number of aromatic nitrogens is 3. The van der Waals surface area contributed by atoms with Gasteiger partial charge in [-0.25, -0.2) is 0 Å². The molecule has 1 N–H and O–H groups in total. The van der Waals surface area contributed by atoms with Crippen molar-refractivity contribution in [1.29, 1.82) is 0 Å². The van der Waals surface area contributed by atoms with Crippen LogP contribution in [0.2, 0.25) is 0 Å². The second-order valence-corrected chi connectivity index (χ2v) is 7.47. The number of benzene rings is 1. The largest absolute Gasteiger partial charge is 0.490 e. The third kappa shape index (κ3) is 4.74. The van der Waals surface area contributed by atoms with Gasteiger partial charge >= 0.3 is 0 Å². The Morgan fingerprint density at radius 2 is 1.90 bits per heavy atom. The van der Waals surface area contributed by atoms with Gasteiger partial charge in [0.1, 0.15) is 5.56 Å². The zero-order valence-electron chi connectivity index (χ0n) is 17.6. The quantitative estimate of drug-likeness (QED) is 0.681. The number of fused-ring (bicyclic) bond motifs is 1. The summed E-state index contributed by atoms with van der Waals surface area (Å²) in [5.74, 6) is 0.953. The van der Waals surface area contributed by atoms with Crippen molar-refractivity contribution < 1.29 is 14.3 Å². The molecule has 3 heterocycles. The highest BCUT2D eigenvalue weighted by Gasteiger charge is 2.17. The second kappa shape index (κ2) is 8.99. The first-order chi connectivity index (χ1) is 15.0. The Labute approximate surface area is 179 Å². The molecule has 3 aromatic rings. The van der Waals surface area contributed by atoms with Crippen LogP contribution in [0.5, 0.6) is 11.5 Å². The number of aryl methyl sites for hydroxylation is 2. The average Bonchev–Trinajstić information content (AvgIpc) is 3.01. The maximum absolute atomic E-state index is 13.0. The predicted molar refractivity (Wildman–Crippen MR) is 115 cm³/mol. The van der Waals surface area contributed by atoms with Crippen molar-refractivity contribution in [2.75, 3.05) is 13.2 Å². The van der Waals surface area contributed by atoms with Crippen LogP contribution in [0.15, 0.2) is 47.7 Å². The monoisotopic (exact) mass is 420 g/mol. The third-order valence-corrected chi connectivity index (χ3v) is 5.03. The van der Waals surface area contributed by atoms with E-state index >= 15 is 0 Å². The number of nitrogens with zero attached hydrogens (tertiary/aromatic N) is 3. The summed E-state index contributed by atoms with van der Waals surface area (Å²) in [6.07, 6.45) is 5.78. The molecule has 0 aliphatic carbocycles. The minimum atomic E-state index is -0.418. The molecule has 2 aromatic heterocycles. The van der Waals surface area contributed by atoms with E-state index in [2.05, 4.69) is 15.3 Å². The minimum Gasteiger partial charge on any atom is -0.490 e. The van der Waals surface area contributed by atoms with Gasteiger partial charge in [0.05, 0.1) is 37.3 Å². The molecule has 8 heteroatoms. The number of nitrogens with one attached hydrogen (secondary N) is 1. The lowest BCUT2D eigenvalue weighted by atomic mass is 10.1. The zero-order valence-corrected chi connectivity index (χ0v) is 17.6. The van der Waals surface area contributed by atoms with Gasteiger partial charge < -0.3 is 19.4 Å². The van der Waals surface area contributed by atoms with Crippen molar-refractivity contribution in [2.24, 2.45) is 0 Å². The van der Waals surface area contributed by atoms with Crippen LogP contribution in [0.3, 0.4) is 0 Å². The molecule has 1 aliphatic heterocycles. The lowest BCUT2D eigenvalue weighted by Crippen LogP contribution is -2.34. The van der Waals surface area contributed by atoms with E-state index in [9.17, 15) is 9.59 Å². The first-order valence-electron chi connectivity index (χ1n) is 10.2. The van der Waals surface area contributed by atoms with Crippen molar-refractivity contribution >= 4 is 5.91 Å². The Hall–Kier alpha value is -3.68. The molecule has 0 atom stereocenters. The molecule has 1 aliphatic rings. The molecule has 1 aromatic carbocycles. The van der Waals surface area contributed by atoms with Crippen LogP contribution in [0, 0.1) is 13.8 Å². The lowest BCUT2D eigenvalue weighted by molar-refractivity contribution is 0.0948. The van der Waals surface area contributed by atoms with E-state index in [1.807, 2.05) is 25.1 Å². The van der Waals surface area contributed by atoms with E-state index in [0.717, 1.165) is 17.7 Å². The van der Waals surface area contributed by atoms with Crippen LogP contribution in [0.4, 0.5) is 0 Å². The fourth-order valence-electron chi connectivity index (χ4n) is 3.33. The molecule has 1 amide bonds. The summed E-state index contributed by atoms with van der Waals surface area (Å²) < 4.78 is 12.8. The highest BCUT2D eigenvalue weighted by Crippen LogP contribution is 2.30. The van der Waals surface area contributed by atoms with E-state index in [0.29, 0.717) is 36.0 Å². The molecule has 8 nitrogen and oxygen atoms in total. The topological polar surface area (TPSA) is 95.3 Å². The summed E-state index contributed by atoms with van der Waals surface area (Å²) >= 11 is 0. The highest BCUT2D eigenvalue weighted by molar-refractivity contribution is 5.95. The normalized spacial score (nSPS) is 12.8. The van der Waals surface area contributed by atoms with E-state index in [-0.39, 0.29) is 24.2 Å². The summed E-state index contributed by atoms with van der Waals surface area (Å²) in [7, 11) is 0. The van der Waals surface area contributed by atoms with Crippen LogP contribution < -0.4 is 20.3 Å². The number of hydrogen-bond acceptors (Lipinski definition) is 6. The molecular weight excluding hydrogens is 396 g/mol. The molecule has 0 saturated heterocycles. The Morgan fingerprint density at radius 1 is 1.10 bits per heavy atom. The summed E-state index contributed by atoms with van der Waals surface area (Å²) in [6, 6.07) is 7.32. The SMILES string of the molecule is Cc1cnc(Cn2ccc(C)c(C(=O)NCc3ccc4c(c3)OCCCO4)c2=O)cn1. The van der Waals surface area contributed by atoms with Gasteiger partial charge in [-0.05, 0) is 43.2 Å². The fraction of sp³-hybridized carbons (Fsp3) is 0.304. The number of amides is 1. The van der Waals surface area contributed by atoms with E-state index < -0.39 is 5.91 Å². The third-order valence-electron chi connectivity index (χ3n) is 5.03. The van der Waals surface area contributed by atoms with Gasteiger partial charge in [0, 0.05) is 25.4 Å². The van der Waals surface area contributed by atoms with Gasteiger partial charge in [0.2, 0.25) is 0 Å².